The number of nitrogens with zero attached hydrogens (tertiary/aromatic N) is 2. The number of hydrogen-bond acceptors (Lipinski definition) is 3. The van der Waals surface area contributed by atoms with Gasteiger partial charge in [0, 0.05) is 6.07 Å². The number of hydrogen-bond donors (Lipinski definition) is 0. The van der Waals surface area contributed by atoms with Gasteiger partial charge in [-0.15, -0.1) is 10.2 Å². The molecule has 82 valence electrons. The molecule has 1 aromatic carbocycles. The van der Waals surface area contributed by atoms with E-state index >= 15 is 0 Å². The van der Waals surface area contributed by atoms with Gasteiger partial charge in [0.05, 0.1) is 5.02 Å². The van der Waals surface area contributed by atoms with Crippen molar-refractivity contribution in [3.05, 3.63) is 46.3 Å². The predicted octanol–water partition coefficient (Wildman–Crippen LogP) is 3.71. The lowest BCUT2D eigenvalue weighted by molar-refractivity contribution is 0.454. The summed E-state index contributed by atoms with van der Waals surface area (Å²) >= 11 is 11.3. The first kappa shape index (κ1) is 11.1. The van der Waals surface area contributed by atoms with Crippen LogP contribution >= 0.6 is 23.2 Å². The van der Waals surface area contributed by atoms with Gasteiger partial charge < -0.3 is 4.74 Å². The molecule has 0 aliphatic carbocycles. The molecule has 0 radical (unpaired) electrons. The van der Waals surface area contributed by atoms with Crippen LogP contribution in [0.4, 0.5) is 4.39 Å². The molecule has 0 fully saturated rings. The lowest BCUT2D eigenvalue weighted by atomic mass is 10.3. The van der Waals surface area contributed by atoms with E-state index in [-0.39, 0.29) is 16.1 Å². The number of halogens is 3. The second-order valence-electron chi connectivity index (χ2n) is 2.87. The van der Waals surface area contributed by atoms with E-state index in [0.717, 1.165) is 6.07 Å². The van der Waals surface area contributed by atoms with Gasteiger partial charge in [0.1, 0.15) is 11.6 Å². The predicted molar refractivity (Wildman–Crippen MR) is 58.5 cm³/mol. The summed E-state index contributed by atoms with van der Waals surface area (Å²) in [6.45, 7) is 0. The first-order valence-electron chi connectivity index (χ1n) is 4.27. The summed E-state index contributed by atoms with van der Waals surface area (Å²) in [6.07, 6.45) is 0. The Hall–Kier alpha value is -1.39. The molecule has 0 unspecified atom stereocenters. The van der Waals surface area contributed by atoms with Crippen LogP contribution in [0.5, 0.6) is 11.6 Å². The summed E-state index contributed by atoms with van der Waals surface area (Å²) in [5, 5.41) is 7.70. The van der Waals surface area contributed by atoms with Crippen LogP contribution in [0.3, 0.4) is 0 Å². The average molecular weight is 259 g/mol. The zero-order valence-corrected chi connectivity index (χ0v) is 9.34. The van der Waals surface area contributed by atoms with E-state index in [0.29, 0.717) is 5.75 Å². The number of ether oxygens (including phenoxy) is 1. The minimum absolute atomic E-state index is 0.164. The topological polar surface area (TPSA) is 35.0 Å². The van der Waals surface area contributed by atoms with Gasteiger partial charge in [-0.1, -0.05) is 23.2 Å². The Morgan fingerprint density at radius 3 is 2.50 bits per heavy atom. The van der Waals surface area contributed by atoms with Crippen molar-refractivity contribution in [1.82, 2.24) is 10.2 Å². The fourth-order valence-electron chi connectivity index (χ4n) is 1.03. The third-order valence-corrected chi connectivity index (χ3v) is 2.21. The third-order valence-electron chi connectivity index (χ3n) is 1.72. The molecule has 0 bridgehead atoms. The van der Waals surface area contributed by atoms with Gasteiger partial charge in [0.15, 0.2) is 5.15 Å². The molecule has 0 atom stereocenters. The number of benzene rings is 1. The highest BCUT2D eigenvalue weighted by Gasteiger charge is 2.05. The van der Waals surface area contributed by atoms with Gasteiger partial charge in [0.25, 0.3) is 0 Å². The number of rotatable bonds is 2. The lowest BCUT2D eigenvalue weighted by Gasteiger charge is -2.05. The van der Waals surface area contributed by atoms with Crippen molar-refractivity contribution >= 4 is 23.2 Å². The maximum atomic E-state index is 12.8. The van der Waals surface area contributed by atoms with Crippen LogP contribution in [0.1, 0.15) is 0 Å². The van der Waals surface area contributed by atoms with Crippen LogP contribution in [-0.4, -0.2) is 10.2 Å². The van der Waals surface area contributed by atoms with Crippen molar-refractivity contribution in [3.8, 4) is 11.6 Å². The Morgan fingerprint density at radius 1 is 1.06 bits per heavy atom. The third kappa shape index (κ3) is 2.59. The zero-order chi connectivity index (χ0) is 11.5. The second kappa shape index (κ2) is 4.63. The molecule has 0 amide bonds. The molecule has 1 heterocycles. The van der Waals surface area contributed by atoms with E-state index in [1.54, 1.807) is 0 Å². The minimum atomic E-state index is -0.431. The molecule has 0 N–H and O–H groups in total. The van der Waals surface area contributed by atoms with Crippen molar-refractivity contribution in [2.45, 2.75) is 0 Å². The van der Waals surface area contributed by atoms with Crippen molar-refractivity contribution < 1.29 is 9.13 Å². The maximum absolute atomic E-state index is 12.8. The van der Waals surface area contributed by atoms with Crippen LogP contribution < -0.4 is 4.74 Å². The Balaban J connectivity index is 2.23. The van der Waals surface area contributed by atoms with Crippen molar-refractivity contribution in [3.63, 3.8) is 0 Å². The van der Waals surface area contributed by atoms with Crippen LogP contribution in [0.15, 0.2) is 30.3 Å². The fraction of sp³-hybridized carbons (Fsp3) is 0. The van der Waals surface area contributed by atoms with E-state index in [9.17, 15) is 4.39 Å². The maximum Gasteiger partial charge on any atom is 0.239 e. The van der Waals surface area contributed by atoms with Gasteiger partial charge in [-0.2, -0.15) is 0 Å². The Kier molecular flexibility index (Phi) is 3.22. The molecule has 0 aliphatic heterocycles. The van der Waals surface area contributed by atoms with E-state index in [2.05, 4.69) is 10.2 Å². The highest BCUT2D eigenvalue weighted by Crippen LogP contribution is 2.28. The van der Waals surface area contributed by atoms with Crippen molar-refractivity contribution in [2.75, 3.05) is 0 Å². The second-order valence-corrected chi connectivity index (χ2v) is 3.67. The van der Waals surface area contributed by atoms with Crippen molar-refractivity contribution in [1.29, 1.82) is 0 Å². The summed E-state index contributed by atoms with van der Waals surface area (Å²) in [5.41, 5.74) is 0. The quantitative estimate of drug-likeness (QED) is 0.824. The minimum Gasteiger partial charge on any atom is -0.436 e. The molecular formula is C10H5Cl2FN2O. The van der Waals surface area contributed by atoms with Crippen molar-refractivity contribution in [2.24, 2.45) is 0 Å². The molecule has 0 spiro atoms. The standard InChI is InChI=1S/C10H5Cl2FN2O/c11-7-5-6(13)1-2-8(7)16-10-4-3-9(12)14-15-10/h1-5H. The normalized spacial score (nSPS) is 10.2. The van der Waals surface area contributed by atoms with Gasteiger partial charge in [-0.05, 0) is 24.3 Å². The first-order chi connectivity index (χ1) is 7.65. The van der Waals surface area contributed by atoms with E-state index in [4.69, 9.17) is 27.9 Å². The molecule has 2 rings (SSSR count). The lowest BCUT2D eigenvalue weighted by Crippen LogP contribution is -1.91. The Bertz CT molecular complexity index is 505. The summed E-state index contributed by atoms with van der Waals surface area (Å²) in [7, 11) is 0. The fourth-order valence-corrected chi connectivity index (χ4v) is 1.34. The molecule has 16 heavy (non-hydrogen) atoms. The van der Waals surface area contributed by atoms with E-state index < -0.39 is 5.82 Å². The molecular weight excluding hydrogens is 254 g/mol. The van der Waals surface area contributed by atoms with Gasteiger partial charge in [-0.3, -0.25) is 0 Å². The monoisotopic (exact) mass is 258 g/mol. The molecule has 2 aromatic rings. The highest BCUT2D eigenvalue weighted by atomic mass is 35.5. The highest BCUT2D eigenvalue weighted by molar-refractivity contribution is 6.32. The molecule has 0 saturated heterocycles. The van der Waals surface area contributed by atoms with Gasteiger partial charge in [0.2, 0.25) is 5.88 Å². The van der Waals surface area contributed by atoms with Crippen LogP contribution in [0.2, 0.25) is 10.2 Å². The smallest absolute Gasteiger partial charge is 0.239 e. The summed E-state index contributed by atoms with van der Waals surface area (Å²) < 4.78 is 18.0. The summed E-state index contributed by atoms with van der Waals surface area (Å²) in [6, 6.07) is 6.87. The van der Waals surface area contributed by atoms with E-state index in [1.165, 1.54) is 24.3 Å². The average Bonchev–Trinajstić information content (AvgIpc) is 2.25. The number of aromatic nitrogens is 2. The zero-order valence-electron chi connectivity index (χ0n) is 7.82. The molecule has 3 nitrogen and oxygen atoms in total. The molecule has 6 heteroatoms. The first-order valence-corrected chi connectivity index (χ1v) is 5.03. The van der Waals surface area contributed by atoms with Crippen LogP contribution in [0.25, 0.3) is 0 Å². The van der Waals surface area contributed by atoms with E-state index in [1.807, 2.05) is 0 Å². The van der Waals surface area contributed by atoms with Crippen LogP contribution in [0, 0.1) is 5.82 Å². The SMILES string of the molecule is Fc1ccc(Oc2ccc(Cl)nn2)c(Cl)c1. The molecule has 0 aliphatic rings. The summed E-state index contributed by atoms with van der Waals surface area (Å²) in [5.74, 6) is 0.108. The summed E-state index contributed by atoms with van der Waals surface area (Å²) in [4.78, 5) is 0. The van der Waals surface area contributed by atoms with Crippen LogP contribution in [-0.2, 0) is 0 Å². The Morgan fingerprint density at radius 2 is 1.88 bits per heavy atom. The van der Waals surface area contributed by atoms with Gasteiger partial charge >= 0.3 is 0 Å². The molecule has 1 aromatic heterocycles. The van der Waals surface area contributed by atoms with Gasteiger partial charge in [-0.25, -0.2) is 4.39 Å². The molecule has 0 saturated carbocycles. The Labute approximate surface area is 101 Å². The largest absolute Gasteiger partial charge is 0.436 e.